The summed E-state index contributed by atoms with van der Waals surface area (Å²) in [5.41, 5.74) is 3.29. The molecule has 0 saturated carbocycles. The first-order valence-electron chi connectivity index (χ1n) is 7.65. The number of nitrogens with one attached hydrogen (secondary N) is 1. The molecule has 1 aliphatic rings. The van der Waals surface area contributed by atoms with Crippen LogP contribution in [0.15, 0.2) is 41.3 Å². The highest BCUT2D eigenvalue weighted by Crippen LogP contribution is 2.33. The van der Waals surface area contributed by atoms with E-state index in [0.717, 1.165) is 30.2 Å². The fourth-order valence-corrected chi connectivity index (χ4v) is 4.34. The molecule has 2 aromatic rings. The van der Waals surface area contributed by atoms with Gasteiger partial charge in [-0.05, 0) is 66.8 Å². The van der Waals surface area contributed by atoms with Gasteiger partial charge in [0, 0.05) is 16.8 Å². The fraction of sp³-hybridized carbons (Fsp3) is 0.278. The number of aryl methyl sites for hydroxylation is 2. The lowest BCUT2D eigenvalue weighted by atomic mass is 10.1. The maximum Gasteiger partial charge on any atom is 0.251 e. The van der Waals surface area contributed by atoms with Crippen LogP contribution >= 0.6 is 11.6 Å². The quantitative estimate of drug-likeness (QED) is 0.908. The van der Waals surface area contributed by atoms with Gasteiger partial charge < -0.3 is 5.32 Å². The van der Waals surface area contributed by atoms with Crippen molar-refractivity contribution in [3.8, 4) is 0 Å². The number of carbonyl (C=O) groups excluding carboxylic acids is 1. The van der Waals surface area contributed by atoms with Crippen LogP contribution in [0.4, 0.5) is 0 Å². The van der Waals surface area contributed by atoms with Crippen LogP contribution in [0.1, 0.15) is 39.5 Å². The SMILES string of the molecule is Cc1cc(C(=O)N[C@@H]2CCc3cc(Cl)ccc32)ccc1S(C)(=O)=O. The van der Waals surface area contributed by atoms with E-state index in [1.807, 2.05) is 18.2 Å². The van der Waals surface area contributed by atoms with E-state index in [-0.39, 0.29) is 16.8 Å². The molecule has 4 nitrogen and oxygen atoms in total. The minimum Gasteiger partial charge on any atom is -0.345 e. The topological polar surface area (TPSA) is 63.2 Å². The molecule has 0 saturated heterocycles. The van der Waals surface area contributed by atoms with Gasteiger partial charge in [0.1, 0.15) is 0 Å². The van der Waals surface area contributed by atoms with Gasteiger partial charge in [-0.2, -0.15) is 0 Å². The van der Waals surface area contributed by atoms with E-state index < -0.39 is 9.84 Å². The molecule has 1 N–H and O–H groups in total. The maximum atomic E-state index is 12.5. The summed E-state index contributed by atoms with van der Waals surface area (Å²) >= 11 is 6.01. The highest BCUT2D eigenvalue weighted by atomic mass is 35.5. The number of rotatable bonds is 3. The largest absolute Gasteiger partial charge is 0.345 e. The molecule has 0 heterocycles. The lowest BCUT2D eigenvalue weighted by molar-refractivity contribution is 0.0936. The van der Waals surface area contributed by atoms with E-state index in [2.05, 4.69) is 5.32 Å². The third-order valence-corrected chi connectivity index (χ3v) is 5.82. The number of carbonyl (C=O) groups is 1. The number of amides is 1. The summed E-state index contributed by atoms with van der Waals surface area (Å²) in [4.78, 5) is 12.8. The molecule has 2 aromatic carbocycles. The summed E-state index contributed by atoms with van der Waals surface area (Å²) < 4.78 is 23.3. The van der Waals surface area contributed by atoms with E-state index in [1.165, 1.54) is 6.07 Å². The van der Waals surface area contributed by atoms with Crippen molar-refractivity contribution >= 4 is 27.3 Å². The third kappa shape index (κ3) is 3.32. The van der Waals surface area contributed by atoms with Crippen LogP contribution in [-0.4, -0.2) is 20.6 Å². The monoisotopic (exact) mass is 363 g/mol. The summed E-state index contributed by atoms with van der Waals surface area (Å²) in [6.45, 7) is 1.69. The maximum absolute atomic E-state index is 12.5. The summed E-state index contributed by atoms with van der Waals surface area (Å²) in [5, 5.41) is 3.73. The number of hydrogen-bond donors (Lipinski definition) is 1. The molecule has 0 radical (unpaired) electrons. The summed E-state index contributed by atoms with van der Waals surface area (Å²) in [7, 11) is -3.29. The Balaban J connectivity index is 1.81. The number of fused-ring (bicyclic) bond motifs is 1. The van der Waals surface area contributed by atoms with E-state index in [0.29, 0.717) is 16.1 Å². The zero-order chi connectivity index (χ0) is 17.5. The number of hydrogen-bond acceptors (Lipinski definition) is 3. The molecule has 3 rings (SSSR count). The van der Waals surface area contributed by atoms with Gasteiger partial charge in [-0.3, -0.25) is 4.79 Å². The zero-order valence-electron chi connectivity index (χ0n) is 13.5. The minimum atomic E-state index is -3.29. The first kappa shape index (κ1) is 17.0. The van der Waals surface area contributed by atoms with Crippen molar-refractivity contribution < 1.29 is 13.2 Å². The van der Waals surface area contributed by atoms with Crippen molar-refractivity contribution in [3.05, 3.63) is 63.7 Å². The lowest BCUT2D eigenvalue weighted by Crippen LogP contribution is -2.27. The van der Waals surface area contributed by atoms with Crippen LogP contribution in [0.5, 0.6) is 0 Å². The first-order valence-corrected chi connectivity index (χ1v) is 9.92. The third-order valence-electron chi connectivity index (χ3n) is 4.32. The smallest absolute Gasteiger partial charge is 0.251 e. The van der Waals surface area contributed by atoms with Crippen LogP contribution < -0.4 is 5.32 Å². The van der Waals surface area contributed by atoms with Crippen molar-refractivity contribution in [1.82, 2.24) is 5.32 Å². The average molecular weight is 364 g/mol. The number of benzene rings is 2. The van der Waals surface area contributed by atoms with Gasteiger partial charge in [0.05, 0.1) is 10.9 Å². The van der Waals surface area contributed by atoms with Crippen LogP contribution in [0.25, 0.3) is 0 Å². The second-order valence-electron chi connectivity index (χ2n) is 6.16. The Labute approximate surface area is 146 Å². The van der Waals surface area contributed by atoms with Crippen molar-refractivity contribution in [1.29, 1.82) is 0 Å². The molecule has 6 heteroatoms. The van der Waals surface area contributed by atoms with Crippen LogP contribution in [0.3, 0.4) is 0 Å². The summed E-state index contributed by atoms with van der Waals surface area (Å²) in [5.74, 6) is -0.203. The van der Waals surface area contributed by atoms with Crippen LogP contribution in [-0.2, 0) is 16.3 Å². The van der Waals surface area contributed by atoms with Crippen LogP contribution in [0.2, 0.25) is 5.02 Å². The minimum absolute atomic E-state index is 0.0420. The van der Waals surface area contributed by atoms with Crippen LogP contribution in [0, 0.1) is 6.92 Å². The summed E-state index contributed by atoms with van der Waals surface area (Å²) in [6, 6.07) is 10.3. The van der Waals surface area contributed by atoms with Crippen molar-refractivity contribution in [3.63, 3.8) is 0 Å². The molecule has 0 aromatic heterocycles. The Bertz CT molecular complexity index is 922. The van der Waals surface area contributed by atoms with E-state index in [9.17, 15) is 13.2 Å². The Hall–Kier alpha value is -1.85. The average Bonchev–Trinajstić information content (AvgIpc) is 2.87. The Morgan fingerprint density at radius 2 is 1.96 bits per heavy atom. The standard InChI is InChI=1S/C18H18ClNO3S/c1-11-9-13(4-8-17(11)24(2,22)23)18(21)20-16-7-3-12-10-14(19)5-6-15(12)16/h4-6,8-10,16H,3,7H2,1-2H3,(H,20,21)/t16-/m1/s1. The molecule has 0 aliphatic heterocycles. The van der Waals surface area contributed by atoms with Crippen molar-refractivity contribution in [2.75, 3.05) is 6.26 Å². The molecule has 0 fully saturated rings. The molecule has 24 heavy (non-hydrogen) atoms. The Morgan fingerprint density at radius 1 is 1.21 bits per heavy atom. The Morgan fingerprint density at radius 3 is 2.62 bits per heavy atom. The molecule has 1 amide bonds. The highest BCUT2D eigenvalue weighted by Gasteiger charge is 2.24. The van der Waals surface area contributed by atoms with Crippen molar-refractivity contribution in [2.24, 2.45) is 0 Å². The molecule has 126 valence electrons. The Kier molecular flexibility index (Phi) is 4.40. The van der Waals surface area contributed by atoms with Crippen molar-refractivity contribution in [2.45, 2.75) is 30.7 Å². The van der Waals surface area contributed by atoms with Gasteiger partial charge in [-0.25, -0.2) is 8.42 Å². The molecule has 0 unspecified atom stereocenters. The lowest BCUT2D eigenvalue weighted by Gasteiger charge is -2.15. The normalized spacial score (nSPS) is 16.7. The molecule has 0 bridgehead atoms. The van der Waals surface area contributed by atoms with E-state index in [4.69, 9.17) is 11.6 Å². The van der Waals surface area contributed by atoms with E-state index in [1.54, 1.807) is 19.1 Å². The second kappa shape index (κ2) is 6.22. The highest BCUT2D eigenvalue weighted by molar-refractivity contribution is 7.90. The van der Waals surface area contributed by atoms with Gasteiger partial charge in [-0.1, -0.05) is 17.7 Å². The van der Waals surface area contributed by atoms with Gasteiger partial charge >= 0.3 is 0 Å². The first-order chi connectivity index (χ1) is 11.3. The van der Waals surface area contributed by atoms with Gasteiger partial charge in [-0.15, -0.1) is 0 Å². The molecular weight excluding hydrogens is 346 g/mol. The summed E-state index contributed by atoms with van der Waals surface area (Å²) in [6.07, 6.45) is 2.88. The molecular formula is C18H18ClNO3S. The fourth-order valence-electron chi connectivity index (χ4n) is 3.18. The van der Waals surface area contributed by atoms with Gasteiger partial charge in [0.25, 0.3) is 5.91 Å². The predicted octanol–water partition coefficient (Wildman–Crippen LogP) is 3.47. The van der Waals surface area contributed by atoms with E-state index >= 15 is 0 Å². The number of halogens is 1. The molecule has 1 aliphatic carbocycles. The van der Waals surface area contributed by atoms with Gasteiger partial charge in [0.2, 0.25) is 0 Å². The predicted molar refractivity (Wildman–Crippen MR) is 94.3 cm³/mol. The zero-order valence-corrected chi connectivity index (χ0v) is 15.0. The molecule has 1 atom stereocenters. The number of sulfone groups is 1. The molecule has 0 spiro atoms. The van der Waals surface area contributed by atoms with Gasteiger partial charge in [0.15, 0.2) is 9.84 Å². The second-order valence-corrected chi connectivity index (χ2v) is 8.58.